The Balaban J connectivity index is 3.47. The molecule has 0 bridgehead atoms. The minimum atomic E-state index is -6.69. The van der Waals surface area contributed by atoms with E-state index >= 15 is 0 Å². The molecule has 0 spiro atoms. The zero-order valence-corrected chi connectivity index (χ0v) is 8.30. The maximum Gasteiger partial charge on any atom is 0.428 e. The number of amides is 1. The molecule has 1 aliphatic heterocycles. The average Bonchev–Trinajstić information content (AvgIpc) is 2.34. The van der Waals surface area contributed by atoms with Gasteiger partial charge in [-0.15, -0.1) is 0 Å². The molecule has 19 heavy (non-hydrogen) atoms. The van der Waals surface area contributed by atoms with Gasteiger partial charge in [0.1, 0.15) is 0 Å². The van der Waals surface area contributed by atoms with Crippen LogP contribution in [0.25, 0.3) is 0 Å². The van der Waals surface area contributed by atoms with Crippen molar-refractivity contribution in [1.29, 1.82) is 0 Å². The molecule has 1 saturated heterocycles. The quantitative estimate of drug-likeness (QED) is 0.348. The Hall–Kier alpha value is -1.24. The van der Waals surface area contributed by atoms with Gasteiger partial charge >= 0.3 is 35.6 Å². The van der Waals surface area contributed by atoms with E-state index in [0.29, 0.717) is 5.43 Å². The average molecular weight is 306 g/mol. The summed E-state index contributed by atoms with van der Waals surface area (Å²) in [4.78, 5) is 10.4. The fraction of sp³-hybridized carbons (Fsp3) is 0.833. The molecule has 4 nitrogen and oxygen atoms in total. The highest BCUT2D eigenvalue weighted by Crippen LogP contribution is 2.64. The van der Waals surface area contributed by atoms with Crippen molar-refractivity contribution in [3.8, 4) is 0 Å². The van der Waals surface area contributed by atoms with Crippen LogP contribution in [0.5, 0.6) is 0 Å². The van der Waals surface area contributed by atoms with Crippen LogP contribution in [0, 0.1) is 0 Å². The SMILES string of the molecule is NNC(=O)C(F)(F)[C@@]1(F)OC(F)(F)C(F)(F)C1(F)F. The lowest BCUT2D eigenvalue weighted by Gasteiger charge is -2.31. The maximum atomic E-state index is 13.3. The van der Waals surface area contributed by atoms with Gasteiger partial charge in [0.2, 0.25) is 0 Å². The first kappa shape index (κ1) is 15.8. The molecule has 1 aliphatic rings. The van der Waals surface area contributed by atoms with Crippen LogP contribution < -0.4 is 11.3 Å². The summed E-state index contributed by atoms with van der Waals surface area (Å²) in [7, 11) is 0. The number of carbonyl (C=O) groups is 1. The van der Waals surface area contributed by atoms with Crippen molar-refractivity contribution in [2.75, 3.05) is 0 Å². The Labute approximate surface area is 97.2 Å². The Morgan fingerprint density at radius 1 is 1.00 bits per heavy atom. The first-order valence-electron chi connectivity index (χ1n) is 4.10. The van der Waals surface area contributed by atoms with Crippen LogP contribution in [-0.4, -0.2) is 35.6 Å². The minimum absolute atomic E-state index is 0.468. The first-order chi connectivity index (χ1) is 8.19. The standard InChI is InChI=1S/C6H3F9N2O2/c7-2(8,1(18)17-16)5(13)3(9,10)4(11,12)6(14,15)19-5/h16H2,(H,17,18)/t5-/m1/s1. The molecule has 0 aromatic heterocycles. The molecule has 1 heterocycles. The third-order valence-electron chi connectivity index (χ3n) is 2.25. The fourth-order valence-electron chi connectivity index (χ4n) is 1.19. The predicted octanol–water partition coefficient (Wildman–Crippen LogP) is 1.17. The number of halogens is 9. The molecule has 0 saturated carbocycles. The Morgan fingerprint density at radius 2 is 1.42 bits per heavy atom. The van der Waals surface area contributed by atoms with E-state index in [1.807, 2.05) is 0 Å². The highest BCUT2D eigenvalue weighted by atomic mass is 19.4. The third kappa shape index (κ3) is 1.54. The molecule has 0 radical (unpaired) electrons. The minimum Gasteiger partial charge on any atom is -0.289 e. The fourth-order valence-corrected chi connectivity index (χ4v) is 1.19. The zero-order chi connectivity index (χ0) is 15.5. The molecule has 0 aromatic carbocycles. The van der Waals surface area contributed by atoms with E-state index in [1.54, 1.807) is 0 Å². The maximum absolute atomic E-state index is 13.3. The van der Waals surface area contributed by atoms with Crippen LogP contribution in [0.15, 0.2) is 0 Å². The lowest BCUT2D eigenvalue weighted by atomic mass is 9.99. The number of carbonyl (C=O) groups excluding carboxylic acids is 1. The van der Waals surface area contributed by atoms with Crippen LogP contribution in [0.3, 0.4) is 0 Å². The molecule has 1 rings (SSSR count). The molecule has 13 heteroatoms. The van der Waals surface area contributed by atoms with Crippen LogP contribution in [0.1, 0.15) is 0 Å². The van der Waals surface area contributed by atoms with Gasteiger partial charge in [-0.25, -0.2) is 5.84 Å². The summed E-state index contributed by atoms with van der Waals surface area (Å²) in [5.41, 5.74) is 0.468. The number of nitrogens with two attached hydrogens (primary N) is 1. The highest BCUT2D eigenvalue weighted by molar-refractivity contribution is 5.84. The van der Waals surface area contributed by atoms with Crippen molar-refractivity contribution in [3.05, 3.63) is 0 Å². The number of hydrogen-bond donors (Lipinski definition) is 2. The van der Waals surface area contributed by atoms with E-state index in [1.165, 1.54) is 0 Å². The van der Waals surface area contributed by atoms with Crippen molar-refractivity contribution in [3.63, 3.8) is 0 Å². The molecule has 1 fully saturated rings. The van der Waals surface area contributed by atoms with Gasteiger partial charge in [0.15, 0.2) is 0 Å². The van der Waals surface area contributed by atoms with E-state index < -0.39 is 35.6 Å². The van der Waals surface area contributed by atoms with Gasteiger partial charge in [0.05, 0.1) is 0 Å². The van der Waals surface area contributed by atoms with E-state index in [4.69, 9.17) is 0 Å². The summed E-state index contributed by atoms with van der Waals surface area (Å²) in [6, 6.07) is 0. The smallest absolute Gasteiger partial charge is 0.289 e. The molecular weight excluding hydrogens is 303 g/mol. The first-order valence-corrected chi connectivity index (χ1v) is 4.10. The lowest BCUT2D eigenvalue weighted by Crippen LogP contribution is -2.65. The zero-order valence-electron chi connectivity index (χ0n) is 8.30. The van der Waals surface area contributed by atoms with E-state index in [0.717, 1.165) is 0 Å². The topological polar surface area (TPSA) is 64.3 Å². The molecular formula is C6H3F9N2O2. The Kier molecular flexibility index (Phi) is 3.04. The molecule has 1 amide bonds. The van der Waals surface area contributed by atoms with Gasteiger partial charge in [-0.3, -0.25) is 15.0 Å². The second-order valence-electron chi connectivity index (χ2n) is 3.41. The largest absolute Gasteiger partial charge is 0.428 e. The Bertz CT molecular complexity index is 412. The highest BCUT2D eigenvalue weighted by Gasteiger charge is 2.96. The number of hydrazine groups is 1. The lowest BCUT2D eigenvalue weighted by molar-refractivity contribution is -0.367. The monoisotopic (exact) mass is 306 g/mol. The number of hydrogen-bond acceptors (Lipinski definition) is 3. The number of alkyl halides is 9. The van der Waals surface area contributed by atoms with Crippen LogP contribution >= 0.6 is 0 Å². The molecule has 0 aliphatic carbocycles. The van der Waals surface area contributed by atoms with Crippen molar-refractivity contribution in [2.45, 2.75) is 29.7 Å². The van der Waals surface area contributed by atoms with Crippen molar-refractivity contribution in [1.82, 2.24) is 5.43 Å². The number of ether oxygens (including phenoxy) is 1. The summed E-state index contributed by atoms with van der Waals surface area (Å²) >= 11 is 0. The second kappa shape index (κ2) is 3.65. The summed E-state index contributed by atoms with van der Waals surface area (Å²) in [6.07, 6.45) is -6.26. The van der Waals surface area contributed by atoms with Gasteiger partial charge in [-0.05, 0) is 0 Å². The van der Waals surface area contributed by atoms with Crippen molar-refractivity contribution < 1.29 is 49.0 Å². The number of rotatable bonds is 2. The Morgan fingerprint density at radius 3 is 1.68 bits per heavy atom. The van der Waals surface area contributed by atoms with E-state index in [-0.39, 0.29) is 0 Å². The van der Waals surface area contributed by atoms with E-state index in [2.05, 4.69) is 10.6 Å². The van der Waals surface area contributed by atoms with Crippen molar-refractivity contribution >= 4 is 5.91 Å². The summed E-state index contributed by atoms with van der Waals surface area (Å²) in [5, 5.41) is 0. The van der Waals surface area contributed by atoms with Gasteiger partial charge in [-0.2, -0.15) is 39.5 Å². The summed E-state index contributed by atoms with van der Waals surface area (Å²) in [5.74, 6) is -24.6. The molecule has 112 valence electrons. The second-order valence-corrected chi connectivity index (χ2v) is 3.41. The van der Waals surface area contributed by atoms with Gasteiger partial charge in [-0.1, -0.05) is 0 Å². The predicted molar refractivity (Wildman–Crippen MR) is 37.0 cm³/mol. The van der Waals surface area contributed by atoms with Crippen molar-refractivity contribution in [2.24, 2.45) is 5.84 Å². The molecule has 0 aromatic rings. The number of nitrogens with one attached hydrogen (secondary N) is 1. The molecule has 0 unspecified atom stereocenters. The molecule has 1 atom stereocenters. The van der Waals surface area contributed by atoms with Crippen LogP contribution in [0.2, 0.25) is 0 Å². The third-order valence-corrected chi connectivity index (χ3v) is 2.25. The summed E-state index contributed by atoms with van der Waals surface area (Å²) < 4.78 is 117. The van der Waals surface area contributed by atoms with Gasteiger partial charge in [0, 0.05) is 0 Å². The van der Waals surface area contributed by atoms with Gasteiger partial charge in [0.25, 0.3) is 0 Å². The van der Waals surface area contributed by atoms with E-state index in [9.17, 15) is 44.3 Å². The van der Waals surface area contributed by atoms with Crippen LogP contribution in [-0.2, 0) is 9.53 Å². The normalized spacial score (nSPS) is 32.1. The van der Waals surface area contributed by atoms with Gasteiger partial charge < -0.3 is 0 Å². The van der Waals surface area contributed by atoms with Crippen LogP contribution in [0.4, 0.5) is 39.5 Å². The molecule has 3 N–H and O–H groups in total. The summed E-state index contributed by atoms with van der Waals surface area (Å²) in [6.45, 7) is 0.